The van der Waals surface area contributed by atoms with E-state index in [1.54, 1.807) is 0 Å². The lowest BCUT2D eigenvalue weighted by Crippen LogP contribution is -2.38. The summed E-state index contributed by atoms with van der Waals surface area (Å²) in [6, 6.07) is 0. The van der Waals surface area contributed by atoms with Gasteiger partial charge in [0, 0.05) is 25.0 Å². The van der Waals surface area contributed by atoms with Crippen LogP contribution in [0.1, 0.15) is 26.2 Å². The predicted molar refractivity (Wildman–Crippen MR) is 47.9 cm³/mol. The summed E-state index contributed by atoms with van der Waals surface area (Å²) in [5.41, 5.74) is 1.30. The summed E-state index contributed by atoms with van der Waals surface area (Å²) in [5.74, 6) is 0. The Bertz CT molecular complexity index is 214. The van der Waals surface area contributed by atoms with Gasteiger partial charge in [-0.25, -0.2) is 4.39 Å². The molecule has 0 aromatic heterocycles. The third kappa shape index (κ3) is 0.875. The van der Waals surface area contributed by atoms with Crippen LogP contribution in [0.3, 0.4) is 0 Å². The molecule has 2 aliphatic rings. The van der Waals surface area contributed by atoms with Gasteiger partial charge in [0.2, 0.25) is 0 Å². The first-order valence-corrected chi connectivity index (χ1v) is 4.76. The highest BCUT2D eigenvalue weighted by atomic mass is 19.1. The average molecular weight is 169 g/mol. The lowest BCUT2D eigenvalue weighted by Gasteiger charge is -2.31. The molecule has 0 radical (unpaired) electrons. The van der Waals surface area contributed by atoms with Crippen LogP contribution in [-0.4, -0.2) is 29.7 Å². The minimum Gasteiger partial charge on any atom is -0.291 e. The van der Waals surface area contributed by atoms with Gasteiger partial charge in [0.05, 0.1) is 0 Å². The van der Waals surface area contributed by atoms with E-state index < -0.39 is 6.17 Å². The van der Waals surface area contributed by atoms with Crippen molar-refractivity contribution in [2.45, 2.75) is 37.9 Å². The Morgan fingerprint density at radius 1 is 1.75 bits per heavy atom. The molecule has 0 bridgehead atoms. The third-order valence-electron chi connectivity index (χ3n) is 3.51. The number of hydrogen-bond acceptors (Lipinski definition) is 1. The molecule has 0 saturated carbocycles. The van der Waals surface area contributed by atoms with Gasteiger partial charge in [-0.2, -0.15) is 0 Å². The molecule has 1 nitrogen and oxygen atoms in total. The first-order valence-electron chi connectivity index (χ1n) is 4.76. The van der Waals surface area contributed by atoms with Crippen molar-refractivity contribution >= 4 is 0 Å². The second-order valence-electron chi connectivity index (χ2n) is 3.99. The van der Waals surface area contributed by atoms with E-state index >= 15 is 0 Å². The van der Waals surface area contributed by atoms with Gasteiger partial charge in [0.25, 0.3) is 0 Å². The monoisotopic (exact) mass is 169 g/mol. The van der Waals surface area contributed by atoms with Crippen LogP contribution in [0.4, 0.5) is 4.39 Å². The molecule has 0 aliphatic carbocycles. The Labute approximate surface area is 73.2 Å². The van der Waals surface area contributed by atoms with E-state index in [4.69, 9.17) is 0 Å². The van der Waals surface area contributed by atoms with Crippen molar-refractivity contribution in [2.24, 2.45) is 0 Å². The number of alkyl halides is 1. The summed E-state index contributed by atoms with van der Waals surface area (Å²) in [5, 5.41) is 0. The molecule has 68 valence electrons. The van der Waals surface area contributed by atoms with Crippen LogP contribution in [0.25, 0.3) is 0 Å². The Hall–Kier alpha value is -0.370. The number of halogens is 1. The molecule has 0 aromatic rings. The number of nitrogens with zero attached hydrogens (tertiary/aromatic N) is 1. The minimum absolute atomic E-state index is 0.0411. The van der Waals surface area contributed by atoms with E-state index in [0.29, 0.717) is 13.0 Å². The van der Waals surface area contributed by atoms with Crippen LogP contribution in [0.2, 0.25) is 0 Å². The van der Waals surface area contributed by atoms with Crippen molar-refractivity contribution in [3.63, 3.8) is 0 Å². The molecule has 12 heavy (non-hydrogen) atoms. The van der Waals surface area contributed by atoms with Crippen molar-refractivity contribution in [1.82, 2.24) is 4.90 Å². The molecule has 2 aliphatic heterocycles. The molecular weight excluding hydrogens is 153 g/mol. The lowest BCUT2D eigenvalue weighted by atomic mass is 9.87. The summed E-state index contributed by atoms with van der Waals surface area (Å²) in [7, 11) is 0. The summed E-state index contributed by atoms with van der Waals surface area (Å²) in [6.45, 7) is 7.86. The zero-order valence-corrected chi connectivity index (χ0v) is 7.65. The van der Waals surface area contributed by atoms with Gasteiger partial charge >= 0.3 is 0 Å². The summed E-state index contributed by atoms with van der Waals surface area (Å²) >= 11 is 0. The topological polar surface area (TPSA) is 3.24 Å². The first-order chi connectivity index (χ1) is 5.69. The van der Waals surface area contributed by atoms with Gasteiger partial charge in [-0.05, 0) is 12.8 Å². The summed E-state index contributed by atoms with van der Waals surface area (Å²) in [4.78, 5) is 2.28. The molecule has 0 spiro atoms. The Kier molecular flexibility index (Phi) is 1.76. The standard InChI is InChI=1S/C10H16FN/c1-3-10-6-9(11)7-12(10)5-4-8(10)2/h9H,2-7H2,1H3/t9-,10?/m1/s1. The fraction of sp³-hybridized carbons (Fsp3) is 0.800. The van der Waals surface area contributed by atoms with Gasteiger partial charge in [-0.1, -0.05) is 19.1 Å². The fourth-order valence-corrected chi connectivity index (χ4v) is 2.77. The highest BCUT2D eigenvalue weighted by molar-refractivity contribution is 5.25. The van der Waals surface area contributed by atoms with Crippen LogP contribution >= 0.6 is 0 Å². The minimum atomic E-state index is -0.623. The van der Waals surface area contributed by atoms with E-state index in [1.807, 2.05) is 0 Å². The zero-order valence-electron chi connectivity index (χ0n) is 7.65. The Balaban J connectivity index is 2.28. The number of rotatable bonds is 1. The maximum atomic E-state index is 13.2. The molecule has 2 fully saturated rings. The predicted octanol–water partition coefficient (Wildman–Crippen LogP) is 2.14. The molecule has 1 unspecified atom stereocenters. The van der Waals surface area contributed by atoms with Crippen LogP contribution in [0.5, 0.6) is 0 Å². The van der Waals surface area contributed by atoms with E-state index in [-0.39, 0.29) is 5.54 Å². The average Bonchev–Trinajstić information content (AvgIpc) is 2.50. The van der Waals surface area contributed by atoms with E-state index in [0.717, 1.165) is 19.4 Å². The van der Waals surface area contributed by atoms with Gasteiger partial charge in [-0.15, -0.1) is 0 Å². The molecular formula is C10H16FN. The van der Waals surface area contributed by atoms with Gasteiger partial charge in [0.15, 0.2) is 0 Å². The summed E-state index contributed by atoms with van der Waals surface area (Å²) < 4.78 is 13.2. The largest absolute Gasteiger partial charge is 0.291 e. The summed E-state index contributed by atoms with van der Waals surface area (Å²) in [6.07, 6.45) is 2.15. The first kappa shape index (κ1) is 8.24. The van der Waals surface area contributed by atoms with Crippen molar-refractivity contribution in [3.8, 4) is 0 Å². The molecule has 2 heterocycles. The quantitative estimate of drug-likeness (QED) is 0.543. The van der Waals surface area contributed by atoms with Gasteiger partial charge in [0.1, 0.15) is 6.17 Å². The van der Waals surface area contributed by atoms with Crippen LogP contribution in [0, 0.1) is 0 Å². The van der Waals surface area contributed by atoms with Gasteiger partial charge in [-0.3, -0.25) is 4.90 Å². The van der Waals surface area contributed by atoms with Crippen LogP contribution < -0.4 is 0 Å². The molecule has 0 N–H and O–H groups in total. The highest BCUT2D eigenvalue weighted by Gasteiger charge is 2.49. The molecule has 2 saturated heterocycles. The van der Waals surface area contributed by atoms with Crippen molar-refractivity contribution in [3.05, 3.63) is 12.2 Å². The maximum Gasteiger partial charge on any atom is 0.115 e. The zero-order chi connectivity index (χ0) is 8.77. The van der Waals surface area contributed by atoms with E-state index in [2.05, 4.69) is 18.4 Å². The fourth-order valence-electron chi connectivity index (χ4n) is 2.77. The molecule has 2 atom stereocenters. The van der Waals surface area contributed by atoms with E-state index in [9.17, 15) is 4.39 Å². The second-order valence-corrected chi connectivity index (χ2v) is 3.99. The molecule has 2 rings (SSSR count). The van der Waals surface area contributed by atoms with Crippen molar-refractivity contribution in [1.29, 1.82) is 0 Å². The number of fused-ring (bicyclic) bond motifs is 1. The lowest BCUT2D eigenvalue weighted by molar-refractivity contribution is 0.216. The smallest absolute Gasteiger partial charge is 0.115 e. The normalized spacial score (nSPS) is 42.2. The molecule has 0 amide bonds. The van der Waals surface area contributed by atoms with Crippen molar-refractivity contribution < 1.29 is 4.39 Å². The SMILES string of the molecule is C=C1CCN2C[C@H](F)CC12CC. The third-order valence-corrected chi connectivity index (χ3v) is 3.51. The Morgan fingerprint density at radius 2 is 2.50 bits per heavy atom. The second kappa shape index (κ2) is 2.56. The van der Waals surface area contributed by atoms with Crippen LogP contribution in [-0.2, 0) is 0 Å². The van der Waals surface area contributed by atoms with Gasteiger partial charge < -0.3 is 0 Å². The highest BCUT2D eigenvalue weighted by Crippen LogP contribution is 2.44. The number of hydrogen-bond donors (Lipinski definition) is 0. The van der Waals surface area contributed by atoms with Crippen LogP contribution in [0.15, 0.2) is 12.2 Å². The molecule has 2 heteroatoms. The maximum absolute atomic E-state index is 13.2. The Morgan fingerprint density at radius 3 is 3.08 bits per heavy atom. The van der Waals surface area contributed by atoms with Crippen molar-refractivity contribution in [2.75, 3.05) is 13.1 Å². The van der Waals surface area contributed by atoms with E-state index in [1.165, 1.54) is 5.57 Å². The molecule has 0 aromatic carbocycles.